The van der Waals surface area contributed by atoms with Crippen molar-refractivity contribution in [3.8, 4) is 0 Å². The summed E-state index contributed by atoms with van der Waals surface area (Å²) in [5, 5.41) is 6.31. The molecule has 0 amide bonds. The Hall–Kier alpha value is -2.81. The second-order valence-corrected chi connectivity index (χ2v) is 7.25. The smallest absolute Gasteiger partial charge is 0.104 e. The molecule has 0 unspecified atom stereocenters. The van der Waals surface area contributed by atoms with Gasteiger partial charge in [-0.25, -0.2) is 4.98 Å². The zero-order chi connectivity index (χ0) is 17.3. The fourth-order valence-electron chi connectivity index (χ4n) is 4.34. The highest BCUT2D eigenvalue weighted by molar-refractivity contribution is 6.07. The predicted octanol–water partition coefficient (Wildman–Crippen LogP) is 5.80. The molecule has 3 nitrogen and oxygen atoms in total. The molecule has 0 radical (unpaired) electrons. The van der Waals surface area contributed by atoms with Gasteiger partial charge in [0.25, 0.3) is 0 Å². The van der Waals surface area contributed by atoms with E-state index < -0.39 is 0 Å². The third-order valence-corrected chi connectivity index (χ3v) is 5.62. The van der Waals surface area contributed by atoms with E-state index in [1.807, 2.05) is 6.07 Å². The van der Waals surface area contributed by atoms with Gasteiger partial charge in [0.2, 0.25) is 0 Å². The van der Waals surface area contributed by atoms with Gasteiger partial charge in [-0.15, -0.1) is 0 Å². The van der Waals surface area contributed by atoms with Crippen LogP contribution in [0.1, 0.15) is 25.0 Å². The molecule has 0 saturated heterocycles. The molecular weight excluding hydrogens is 320 g/mol. The first-order chi connectivity index (χ1) is 12.9. The number of hydrogen-bond donors (Lipinski definition) is 1. The highest BCUT2D eigenvalue weighted by Crippen LogP contribution is 2.36. The maximum atomic E-state index is 5.60. The van der Waals surface area contributed by atoms with Gasteiger partial charge >= 0.3 is 0 Å². The summed E-state index contributed by atoms with van der Waals surface area (Å²) in [5.41, 5.74) is 3.33. The summed E-state index contributed by atoms with van der Waals surface area (Å²) >= 11 is 0. The average molecular weight is 342 g/mol. The van der Waals surface area contributed by atoms with Gasteiger partial charge in [-0.2, -0.15) is 0 Å². The minimum atomic E-state index is 0.467. The molecule has 2 heterocycles. The Morgan fingerprint density at radius 1 is 0.885 bits per heavy atom. The fraction of sp³-hybridized carbons (Fsp3) is 0.261. The monoisotopic (exact) mass is 342 g/mol. The Balaban J connectivity index is 1.55. The first-order valence-corrected chi connectivity index (χ1v) is 9.45. The van der Waals surface area contributed by atoms with Gasteiger partial charge in [-0.05, 0) is 43.0 Å². The zero-order valence-corrected chi connectivity index (χ0v) is 14.7. The van der Waals surface area contributed by atoms with Crippen molar-refractivity contribution in [1.29, 1.82) is 0 Å². The standard InChI is InChI=1S/C23H22N2O/c1-3-11-21-18(9-1)23(19-10-2-4-12-22(19)24-21)25-20-13-5-7-16(20)15-17-8-6-14-26-17/h1-4,6,8-12,14,16,20H,5,7,13,15H2,(H,24,25)/t16-,20-/m1/s1. The van der Waals surface area contributed by atoms with E-state index in [1.165, 1.54) is 35.7 Å². The molecule has 1 aliphatic carbocycles. The molecule has 1 saturated carbocycles. The Kier molecular flexibility index (Phi) is 3.85. The summed E-state index contributed by atoms with van der Waals surface area (Å²) in [4.78, 5) is 4.84. The van der Waals surface area contributed by atoms with Crippen LogP contribution in [0.25, 0.3) is 21.8 Å². The fourth-order valence-corrected chi connectivity index (χ4v) is 4.34. The van der Waals surface area contributed by atoms with Gasteiger partial charge in [0.1, 0.15) is 5.76 Å². The van der Waals surface area contributed by atoms with Crippen LogP contribution in [-0.2, 0) is 6.42 Å². The summed E-state index contributed by atoms with van der Waals surface area (Å²) in [6.45, 7) is 0. The number of hydrogen-bond acceptors (Lipinski definition) is 3. The largest absolute Gasteiger partial charge is 0.469 e. The number of benzene rings is 2. The molecule has 26 heavy (non-hydrogen) atoms. The molecule has 3 heteroatoms. The van der Waals surface area contributed by atoms with Gasteiger partial charge in [-0.3, -0.25) is 0 Å². The summed E-state index contributed by atoms with van der Waals surface area (Å²) < 4.78 is 5.60. The number of nitrogens with one attached hydrogen (secondary N) is 1. The van der Waals surface area contributed by atoms with Crippen molar-refractivity contribution in [1.82, 2.24) is 4.98 Å². The number of para-hydroxylation sites is 2. The molecule has 1 N–H and O–H groups in total. The summed E-state index contributed by atoms with van der Waals surface area (Å²) in [5.74, 6) is 1.69. The molecule has 130 valence electrons. The van der Waals surface area contributed by atoms with Gasteiger partial charge in [0.05, 0.1) is 23.0 Å². The van der Waals surface area contributed by atoms with Crippen LogP contribution >= 0.6 is 0 Å². The topological polar surface area (TPSA) is 38.1 Å². The highest BCUT2D eigenvalue weighted by atomic mass is 16.3. The normalized spacial score (nSPS) is 20.0. The van der Waals surface area contributed by atoms with Gasteiger partial charge in [0.15, 0.2) is 0 Å². The number of pyridine rings is 1. The number of fused-ring (bicyclic) bond motifs is 2. The number of rotatable bonds is 4. The van der Waals surface area contributed by atoms with Crippen LogP contribution in [0, 0.1) is 5.92 Å². The maximum Gasteiger partial charge on any atom is 0.104 e. The third-order valence-electron chi connectivity index (χ3n) is 5.62. The highest BCUT2D eigenvalue weighted by Gasteiger charge is 2.29. The van der Waals surface area contributed by atoms with Gasteiger partial charge in [-0.1, -0.05) is 42.8 Å². The second-order valence-electron chi connectivity index (χ2n) is 7.25. The predicted molar refractivity (Wildman–Crippen MR) is 106 cm³/mol. The minimum absolute atomic E-state index is 0.467. The summed E-state index contributed by atoms with van der Waals surface area (Å²) in [6, 6.07) is 21.4. The molecule has 2 atom stereocenters. The molecule has 2 aromatic carbocycles. The number of aromatic nitrogens is 1. The molecule has 0 aliphatic heterocycles. The molecule has 2 aromatic heterocycles. The summed E-state index contributed by atoms with van der Waals surface area (Å²) in [6.07, 6.45) is 6.50. The van der Waals surface area contributed by atoms with Crippen LogP contribution in [0.5, 0.6) is 0 Å². The van der Waals surface area contributed by atoms with Gasteiger partial charge < -0.3 is 9.73 Å². The quantitative estimate of drug-likeness (QED) is 0.476. The van der Waals surface area contributed by atoms with E-state index in [-0.39, 0.29) is 0 Å². The molecule has 0 bridgehead atoms. The second kappa shape index (κ2) is 6.49. The van der Waals surface area contributed by atoms with Crippen LogP contribution in [-0.4, -0.2) is 11.0 Å². The number of nitrogens with zero attached hydrogens (tertiary/aromatic N) is 1. The molecule has 1 aliphatic rings. The first kappa shape index (κ1) is 15.4. The van der Waals surface area contributed by atoms with E-state index in [9.17, 15) is 0 Å². The van der Waals surface area contributed by atoms with Crippen molar-refractivity contribution in [2.45, 2.75) is 31.7 Å². The molecule has 5 rings (SSSR count). The average Bonchev–Trinajstić information content (AvgIpc) is 3.34. The van der Waals surface area contributed by atoms with Crippen molar-refractivity contribution in [3.63, 3.8) is 0 Å². The van der Waals surface area contributed by atoms with Crippen molar-refractivity contribution in [3.05, 3.63) is 72.7 Å². The third kappa shape index (κ3) is 2.74. The van der Waals surface area contributed by atoms with Crippen LogP contribution in [0.15, 0.2) is 71.3 Å². The van der Waals surface area contributed by atoms with Crippen LogP contribution < -0.4 is 5.32 Å². The van der Waals surface area contributed by atoms with E-state index in [0.29, 0.717) is 12.0 Å². The van der Waals surface area contributed by atoms with Crippen LogP contribution in [0.4, 0.5) is 5.69 Å². The lowest BCUT2D eigenvalue weighted by Gasteiger charge is -2.23. The number of furan rings is 1. The SMILES string of the molecule is c1coc(C[C@H]2CCC[C@H]2Nc2c3ccccc3nc3ccccc23)c1. The van der Waals surface area contributed by atoms with Crippen LogP contribution in [0.3, 0.4) is 0 Å². The first-order valence-electron chi connectivity index (χ1n) is 9.45. The summed E-state index contributed by atoms with van der Waals surface area (Å²) in [7, 11) is 0. The van der Waals surface area contributed by atoms with Crippen LogP contribution in [0.2, 0.25) is 0 Å². The molecule has 1 fully saturated rings. The lowest BCUT2D eigenvalue weighted by atomic mass is 9.97. The van der Waals surface area contributed by atoms with Crippen molar-refractivity contribution in [2.75, 3.05) is 5.32 Å². The van der Waals surface area contributed by atoms with E-state index in [0.717, 1.165) is 23.2 Å². The molecule has 0 spiro atoms. The molecular formula is C23H22N2O. The number of anilines is 1. The van der Waals surface area contributed by atoms with E-state index in [2.05, 4.69) is 59.9 Å². The lowest BCUT2D eigenvalue weighted by molar-refractivity contribution is 0.427. The Morgan fingerprint density at radius 2 is 1.62 bits per heavy atom. The lowest BCUT2D eigenvalue weighted by Crippen LogP contribution is -2.25. The molecule has 4 aromatic rings. The van der Waals surface area contributed by atoms with E-state index in [4.69, 9.17) is 9.40 Å². The van der Waals surface area contributed by atoms with Crippen molar-refractivity contribution >= 4 is 27.5 Å². The Labute approximate surface area is 153 Å². The Bertz CT molecular complexity index is 985. The Morgan fingerprint density at radius 3 is 2.31 bits per heavy atom. The zero-order valence-electron chi connectivity index (χ0n) is 14.7. The van der Waals surface area contributed by atoms with E-state index in [1.54, 1.807) is 6.26 Å². The van der Waals surface area contributed by atoms with Crippen molar-refractivity contribution < 1.29 is 4.42 Å². The van der Waals surface area contributed by atoms with Gasteiger partial charge in [0, 0.05) is 23.2 Å². The maximum absolute atomic E-state index is 5.60. The van der Waals surface area contributed by atoms with Crippen molar-refractivity contribution in [2.24, 2.45) is 5.92 Å². The van der Waals surface area contributed by atoms with E-state index >= 15 is 0 Å². The minimum Gasteiger partial charge on any atom is -0.469 e.